The highest BCUT2D eigenvalue weighted by molar-refractivity contribution is 5.97. The molecule has 0 unspecified atom stereocenters. The molecule has 146 valence electrons. The molecule has 0 atom stereocenters. The van der Waals surface area contributed by atoms with Gasteiger partial charge in [-0.2, -0.15) is 0 Å². The molecular formula is C21H23FN4O2. The normalized spacial score (nSPS) is 14.3. The molecule has 3 heterocycles. The van der Waals surface area contributed by atoms with Crippen LogP contribution in [0.4, 0.5) is 4.39 Å². The number of benzene rings is 1. The van der Waals surface area contributed by atoms with Crippen molar-refractivity contribution < 1.29 is 13.9 Å². The lowest BCUT2D eigenvalue weighted by molar-refractivity contribution is 0.0904. The number of imidazole rings is 1. The Bertz CT molecular complexity index is 1060. The van der Waals surface area contributed by atoms with Crippen LogP contribution in [-0.4, -0.2) is 28.4 Å². The van der Waals surface area contributed by atoms with Gasteiger partial charge in [0, 0.05) is 24.8 Å². The van der Waals surface area contributed by atoms with Gasteiger partial charge in [-0.1, -0.05) is 12.1 Å². The molecular weight excluding hydrogens is 359 g/mol. The maximum atomic E-state index is 14.2. The van der Waals surface area contributed by atoms with Crippen LogP contribution in [0.2, 0.25) is 0 Å². The lowest BCUT2D eigenvalue weighted by atomic mass is 10.0. The fourth-order valence-electron chi connectivity index (χ4n) is 3.64. The minimum atomic E-state index is -0.826. The number of para-hydroxylation sites is 1. The zero-order valence-electron chi connectivity index (χ0n) is 16.2. The van der Waals surface area contributed by atoms with Gasteiger partial charge < -0.3 is 15.4 Å². The Balaban J connectivity index is 1.70. The fraction of sp³-hybridized carbons (Fsp3) is 0.333. The number of aromatic nitrogens is 2. The molecule has 2 aromatic heterocycles. The molecule has 3 aromatic rings. The molecule has 0 saturated heterocycles. The summed E-state index contributed by atoms with van der Waals surface area (Å²) >= 11 is 0. The van der Waals surface area contributed by atoms with Crippen molar-refractivity contribution in [2.75, 3.05) is 13.2 Å². The van der Waals surface area contributed by atoms with Crippen LogP contribution in [0.1, 0.15) is 41.3 Å². The summed E-state index contributed by atoms with van der Waals surface area (Å²) in [6.07, 6.45) is 1.75. The Labute approximate surface area is 162 Å². The van der Waals surface area contributed by atoms with Gasteiger partial charge in [-0.15, -0.1) is 0 Å². The van der Waals surface area contributed by atoms with Crippen molar-refractivity contribution in [3.63, 3.8) is 0 Å². The van der Waals surface area contributed by atoms with Gasteiger partial charge in [-0.05, 0) is 39.0 Å². The number of aryl methyl sites for hydroxylation is 1. The smallest absolute Gasteiger partial charge is 0.255 e. The highest BCUT2D eigenvalue weighted by Crippen LogP contribution is 2.28. The van der Waals surface area contributed by atoms with Gasteiger partial charge >= 0.3 is 0 Å². The zero-order chi connectivity index (χ0) is 19.9. The molecule has 6 nitrogen and oxygen atoms in total. The van der Waals surface area contributed by atoms with Crippen molar-refractivity contribution in [3.8, 4) is 5.75 Å². The second kappa shape index (κ2) is 6.91. The Hall–Kier alpha value is -2.93. The summed E-state index contributed by atoms with van der Waals surface area (Å²) in [5.74, 6) is 0.582. The number of carbonyl (C=O) groups is 1. The summed E-state index contributed by atoms with van der Waals surface area (Å²) in [6.45, 7) is 7.36. The van der Waals surface area contributed by atoms with Crippen LogP contribution in [-0.2, 0) is 12.1 Å². The van der Waals surface area contributed by atoms with E-state index in [4.69, 9.17) is 4.74 Å². The molecule has 1 aliphatic heterocycles. The second-order valence-corrected chi connectivity index (χ2v) is 7.49. The number of nitrogens with zero attached hydrogens (tertiary/aromatic N) is 2. The van der Waals surface area contributed by atoms with Crippen molar-refractivity contribution in [1.82, 2.24) is 20.0 Å². The first-order chi connectivity index (χ1) is 13.4. The zero-order valence-corrected chi connectivity index (χ0v) is 16.2. The minimum absolute atomic E-state index is 0.255. The van der Waals surface area contributed by atoms with E-state index in [1.54, 1.807) is 29.7 Å². The molecule has 28 heavy (non-hydrogen) atoms. The van der Waals surface area contributed by atoms with Crippen molar-refractivity contribution in [2.24, 2.45) is 0 Å². The van der Waals surface area contributed by atoms with Gasteiger partial charge in [0.1, 0.15) is 29.5 Å². The maximum Gasteiger partial charge on any atom is 0.255 e. The van der Waals surface area contributed by atoms with Crippen molar-refractivity contribution in [3.05, 3.63) is 65.0 Å². The first-order valence-electron chi connectivity index (χ1n) is 9.30. The van der Waals surface area contributed by atoms with E-state index < -0.39 is 5.54 Å². The van der Waals surface area contributed by atoms with Crippen LogP contribution in [0.25, 0.3) is 5.52 Å². The molecule has 0 fully saturated rings. The number of pyridine rings is 1. The van der Waals surface area contributed by atoms with E-state index in [-0.39, 0.29) is 11.7 Å². The second-order valence-electron chi connectivity index (χ2n) is 7.49. The molecule has 1 aromatic carbocycles. The molecule has 1 amide bonds. The molecule has 2 N–H and O–H groups in total. The lowest BCUT2D eigenvalue weighted by Crippen LogP contribution is -2.42. The summed E-state index contributed by atoms with van der Waals surface area (Å²) < 4.78 is 21.7. The van der Waals surface area contributed by atoms with Gasteiger partial charge in [0.15, 0.2) is 0 Å². The Kier molecular flexibility index (Phi) is 4.55. The third kappa shape index (κ3) is 3.11. The third-order valence-electron chi connectivity index (χ3n) is 4.96. The number of carbonyl (C=O) groups excluding carboxylic acids is 1. The Morgan fingerprint density at radius 2 is 2.14 bits per heavy atom. The van der Waals surface area contributed by atoms with Gasteiger partial charge in [0.2, 0.25) is 0 Å². The predicted molar refractivity (Wildman–Crippen MR) is 104 cm³/mol. The Morgan fingerprint density at radius 1 is 1.32 bits per heavy atom. The highest BCUT2D eigenvalue weighted by atomic mass is 19.1. The minimum Gasteiger partial charge on any atom is -0.491 e. The Morgan fingerprint density at radius 3 is 2.96 bits per heavy atom. The monoisotopic (exact) mass is 382 g/mol. The lowest BCUT2D eigenvalue weighted by Gasteiger charge is -2.26. The number of amides is 1. The summed E-state index contributed by atoms with van der Waals surface area (Å²) in [7, 11) is 0. The molecule has 0 spiro atoms. The first kappa shape index (κ1) is 18.4. The fourth-order valence-corrected chi connectivity index (χ4v) is 3.64. The standard InChI is InChI=1S/C21H23FN4O2/c1-13-17-16(22)8-5-10-26(17)20(24-13)21(2,3)25-19(27)15-7-4-6-14-12-23-9-11-28-18(14)15/h4-8,10,23H,9,11-12H2,1-3H3,(H,25,27). The molecule has 0 saturated carbocycles. The highest BCUT2D eigenvalue weighted by Gasteiger charge is 2.31. The van der Waals surface area contributed by atoms with Gasteiger partial charge in [-0.3, -0.25) is 9.20 Å². The van der Waals surface area contributed by atoms with Gasteiger partial charge in [-0.25, -0.2) is 9.37 Å². The number of ether oxygens (including phenoxy) is 1. The molecule has 0 bridgehead atoms. The number of nitrogens with one attached hydrogen (secondary N) is 2. The molecule has 0 radical (unpaired) electrons. The van der Waals surface area contributed by atoms with E-state index in [1.807, 2.05) is 26.0 Å². The van der Waals surface area contributed by atoms with E-state index in [0.717, 1.165) is 12.1 Å². The molecule has 1 aliphatic rings. The van der Waals surface area contributed by atoms with Crippen LogP contribution in [0.15, 0.2) is 36.5 Å². The van der Waals surface area contributed by atoms with Crippen LogP contribution in [0, 0.1) is 12.7 Å². The van der Waals surface area contributed by atoms with Gasteiger partial charge in [0.25, 0.3) is 5.91 Å². The van der Waals surface area contributed by atoms with E-state index in [9.17, 15) is 9.18 Å². The number of halogens is 1. The van der Waals surface area contributed by atoms with Crippen molar-refractivity contribution in [2.45, 2.75) is 32.9 Å². The number of hydrogen-bond donors (Lipinski definition) is 2. The predicted octanol–water partition coefficient (Wildman–Crippen LogP) is 2.93. The third-order valence-corrected chi connectivity index (χ3v) is 4.96. The number of hydrogen-bond acceptors (Lipinski definition) is 4. The van der Waals surface area contributed by atoms with E-state index in [2.05, 4.69) is 15.6 Å². The summed E-state index contributed by atoms with van der Waals surface area (Å²) in [5, 5.41) is 6.31. The summed E-state index contributed by atoms with van der Waals surface area (Å²) in [5.41, 5.74) is 1.61. The summed E-state index contributed by atoms with van der Waals surface area (Å²) in [4.78, 5) is 17.6. The SMILES string of the molecule is Cc1nc(C(C)(C)NC(=O)c2cccc3c2OCCNC3)n2cccc(F)c12. The molecule has 7 heteroatoms. The maximum absolute atomic E-state index is 14.2. The number of rotatable bonds is 3. The number of fused-ring (bicyclic) bond motifs is 2. The van der Waals surface area contributed by atoms with Gasteiger partial charge in [0.05, 0.1) is 16.8 Å². The average Bonchev–Trinajstić information content (AvgIpc) is 2.85. The topological polar surface area (TPSA) is 67.7 Å². The van der Waals surface area contributed by atoms with Crippen LogP contribution in [0.5, 0.6) is 5.75 Å². The van der Waals surface area contributed by atoms with Crippen LogP contribution >= 0.6 is 0 Å². The average molecular weight is 382 g/mol. The van der Waals surface area contributed by atoms with Crippen LogP contribution < -0.4 is 15.4 Å². The van der Waals surface area contributed by atoms with Crippen LogP contribution in [0.3, 0.4) is 0 Å². The van der Waals surface area contributed by atoms with Crippen molar-refractivity contribution in [1.29, 1.82) is 0 Å². The quantitative estimate of drug-likeness (QED) is 0.731. The summed E-state index contributed by atoms with van der Waals surface area (Å²) in [6, 6.07) is 8.59. The first-order valence-corrected chi connectivity index (χ1v) is 9.30. The molecule has 4 rings (SSSR count). The van der Waals surface area contributed by atoms with Crippen molar-refractivity contribution >= 4 is 11.4 Å². The van der Waals surface area contributed by atoms with E-state index in [1.165, 1.54) is 6.07 Å². The van der Waals surface area contributed by atoms with E-state index >= 15 is 0 Å². The molecule has 0 aliphatic carbocycles. The largest absolute Gasteiger partial charge is 0.491 e. The van der Waals surface area contributed by atoms with E-state index in [0.29, 0.717) is 41.5 Å².